The molecule has 76 heavy (non-hydrogen) atoms. The average Bonchev–Trinajstić information content (AvgIpc) is 3.91. The van der Waals surface area contributed by atoms with E-state index >= 15 is 0 Å². The van der Waals surface area contributed by atoms with Crippen LogP contribution in [0, 0.1) is 11.8 Å². The highest BCUT2D eigenvalue weighted by molar-refractivity contribution is 6.13. The van der Waals surface area contributed by atoms with Gasteiger partial charge in [0.05, 0.1) is 45.7 Å². The number of primary amides is 1. The number of amides is 9. The highest BCUT2D eigenvalue weighted by Gasteiger charge is 2.29. The number of aromatic nitrogens is 4. The number of hydrogen-bond donors (Lipinski definition) is 8. The number of unbranched alkanes of at least 4 members (excludes halogenated alkanes) is 1. The van der Waals surface area contributed by atoms with Crippen molar-refractivity contribution in [3.05, 3.63) is 29.2 Å². The number of allylic oxidation sites excluding steroid dienone is 1. The number of anilines is 1. The van der Waals surface area contributed by atoms with Gasteiger partial charge in [0.1, 0.15) is 28.6 Å². The summed E-state index contributed by atoms with van der Waals surface area (Å²) in [4.78, 5) is 105. The van der Waals surface area contributed by atoms with Crippen LogP contribution in [0.25, 0.3) is 11.0 Å². The van der Waals surface area contributed by atoms with Gasteiger partial charge in [0.25, 0.3) is 23.6 Å². The molecule has 0 spiro atoms. The summed E-state index contributed by atoms with van der Waals surface area (Å²) < 4.78 is 24.6. The van der Waals surface area contributed by atoms with Crippen molar-refractivity contribution in [3.63, 3.8) is 0 Å². The molecule has 25 heteroatoms. The summed E-state index contributed by atoms with van der Waals surface area (Å²) in [6.45, 7) is 12.9. The van der Waals surface area contributed by atoms with Crippen LogP contribution in [0.1, 0.15) is 117 Å². The second-order valence-corrected chi connectivity index (χ2v) is 19.3. The van der Waals surface area contributed by atoms with Crippen LogP contribution in [0.5, 0.6) is 5.88 Å². The van der Waals surface area contributed by atoms with Crippen molar-refractivity contribution in [1.29, 1.82) is 0 Å². The molecule has 1 aliphatic heterocycles. The summed E-state index contributed by atoms with van der Waals surface area (Å²) in [6.07, 6.45) is 9.41. The van der Waals surface area contributed by atoms with Crippen LogP contribution in [-0.4, -0.2) is 157 Å². The molecule has 1 fully saturated rings. The van der Waals surface area contributed by atoms with Crippen molar-refractivity contribution in [3.8, 4) is 5.88 Å². The van der Waals surface area contributed by atoms with Crippen molar-refractivity contribution in [2.75, 3.05) is 78.1 Å². The number of fused-ring (bicyclic) bond motifs is 1. The monoisotopic (exact) mass is 1070 g/mol. The second-order valence-electron chi connectivity index (χ2n) is 19.3. The zero-order valence-corrected chi connectivity index (χ0v) is 44.9. The average molecular weight is 1070 g/mol. The first-order valence-corrected chi connectivity index (χ1v) is 26.5. The standard InChI is InChI=1S/C51H81N13O12/c1-6-7-11-38-59-45-46(50(76-34(4)5)62-61-47(45)52)64(38)32-36-16-14-35(15-17-36)31-57-48(70)37(10-9-21-56-51(53)72)58-49(71)44(33(2)3)60-41(67)13-8-12-39(65)54-22-25-73-27-29-75-30-28-74-26-23-55-40(66)20-24-63-42(68)18-19-43(63)69/h18-19,34-37H,6-17,20-32H2,1-5H3,(H2,52,61)(H,54,65)(H,55,66)(H,57,70)(H,58,71)(H,60,67)(H3,53,56,72)/t35?,36?,37-/m0/s1. The van der Waals surface area contributed by atoms with E-state index in [1.165, 1.54) is 12.2 Å². The molecule has 25 nitrogen and oxygen atoms in total. The normalized spacial score (nSPS) is 15.6. The topological polar surface area (TPSA) is 345 Å². The van der Waals surface area contributed by atoms with E-state index in [2.05, 4.69) is 53.6 Å². The Morgan fingerprint density at radius 2 is 1.36 bits per heavy atom. The molecule has 0 saturated heterocycles. The van der Waals surface area contributed by atoms with Gasteiger partial charge in [-0.15, -0.1) is 10.2 Å². The molecule has 0 unspecified atom stereocenters. The molecule has 10 N–H and O–H groups in total. The Labute approximate surface area is 444 Å². The van der Waals surface area contributed by atoms with E-state index in [1.807, 2.05) is 13.8 Å². The highest BCUT2D eigenvalue weighted by atomic mass is 16.5. The van der Waals surface area contributed by atoms with Crippen LogP contribution in [0.2, 0.25) is 0 Å². The maximum Gasteiger partial charge on any atom is 0.312 e. The maximum atomic E-state index is 13.7. The Morgan fingerprint density at radius 1 is 0.750 bits per heavy atom. The number of nitrogens with one attached hydrogen (secondary N) is 6. The van der Waals surface area contributed by atoms with Crippen LogP contribution in [-0.2, 0) is 60.7 Å². The maximum absolute atomic E-state index is 13.7. The molecule has 2 aromatic rings. The molecule has 2 aliphatic rings. The summed E-state index contributed by atoms with van der Waals surface area (Å²) in [6, 6.07) is -1.68. The van der Waals surface area contributed by atoms with E-state index in [9.17, 15) is 38.4 Å². The summed E-state index contributed by atoms with van der Waals surface area (Å²) in [5.74, 6) is -0.742. The third kappa shape index (κ3) is 21.9. The Bertz CT molecular complexity index is 2310. The van der Waals surface area contributed by atoms with Crippen LogP contribution >= 0.6 is 0 Å². The minimum Gasteiger partial charge on any atom is -0.472 e. The van der Waals surface area contributed by atoms with Gasteiger partial charge in [-0.1, -0.05) is 13.3 Å². The zero-order valence-electron chi connectivity index (χ0n) is 44.9. The molecule has 0 bridgehead atoms. The first kappa shape index (κ1) is 61.8. The lowest BCUT2D eigenvalue weighted by Gasteiger charge is -2.30. The van der Waals surface area contributed by atoms with Crippen molar-refractivity contribution in [2.45, 2.75) is 137 Å². The smallest absolute Gasteiger partial charge is 0.312 e. The van der Waals surface area contributed by atoms with Gasteiger partial charge in [-0.05, 0) is 96.5 Å². The fraction of sp³-hybridized carbons (Fsp3) is 0.667. The Hall–Kier alpha value is -6.73. The minimum absolute atomic E-state index is 0.000297. The van der Waals surface area contributed by atoms with Gasteiger partial charge in [0.2, 0.25) is 23.6 Å². The summed E-state index contributed by atoms with van der Waals surface area (Å²) >= 11 is 0. The van der Waals surface area contributed by atoms with Crippen molar-refractivity contribution >= 4 is 64.2 Å². The Kier molecular flexibility index (Phi) is 27.1. The molecule has 4 rings (SSSR count). The van der Waals surface area contributed by atoms with Gasteiger partial charge in [-0.3, -0.25) is 38.5 Å². The number of nitrogen functional groups attached to an aromatic ring is 1. The SMILES string of the molecule is CCCCc1nc2c(N)nnc(OC(C)C)c2n1CC1CCC(CNC(=O)[C@H](CCCNC(N)=O)NC(=O)C(NC(=O)CCCC(=O)NCCOCCOCCOCCNC(=O)CCN2C(=O)C=CC2=O)=C(C)C)CC1. The van der Waals surface area contributed by atoms with Crippen molar-refractivity contribution in [2.24, 2.45) is 17.6 Å². The van der Waals surface area contributed by atoms with Gasteiger partial charge in [0, 0.05) is 77.1 Å². The number of imide groups is 1. The highest BCUT2D eigenvalue weighted by Crippen LogP contribution is 2.34. The summed E-state index contributed by atoms with van der Waals surface area (Å²) in [5.41, 5.74) is 13.4. The number of ether oxygens (including phenoxy) is 4. The number of aryl methyl sites for hydroxylation is 1. The minimum atomic E-state index is -0.973. The van der Waals surface area contributed by atoms with E-state index in [1.54, 1.807) is 13.8 Å². The van der Waals surface area contributed by atoms with E-state index < -0.39 is 35.7 Å². The molecule has 422 valence electrons. The van der Waals surface area contributed by atoms with Gasteiger partial charge >= 0.3 is 6.03 Å². The van der Waals surface area contributed by atoms with Crippen LogP contribution in [0.3, 0.4) is 0 Å². The Morgan fingerprint density at radius 3 is 1.96 bits per heavy atom. The number of imidazole rings is 1. The molecule has 0 aromatic carbocycles. The summed E-state index contributed by atoms with van der Waals surface area (Å²) in [7, 11) is 0. The molecule has 0 radical (unpaired) electrons. The molecule has 2 aromatic heterocycles. The van der Waals surface area contributed by atoms with Crippen LogP contribution in [0.4, 0.5) is 10.6 Å². The summed E-state index contributed by atoms with van der Waals surface area (Å²) in [5, 5.41) is 24.8. The molecule has 1 saturated carbocycles. The Balaban J connectivity index is 1.12. The predicted molar refractivity (Wildman–Crippen MR) is 281 cm³/mol. The third-order valence-electron chi connectivity index (χ3n) is 12.5. The second kappa shape index (κ2) is 33.3. The molecular formula is C51H81N13O12. The molecule has 1 aliphatic carbocycles. The molecule has 9 amide bonds. The van der Waals surface area contributed by atoms with Gasteiger partial charge in [-0.2, -0.15) is 0 Å². The zero-order chi connectivity index (χ0) is 55.4. The lowest BCUT2D eigenvalue weighted by atomic mass is 9.82. The first-order chi connectivity index (χ1) is 36.5. The van der Waals surface area contributed by atoms with Crippen LogP contribution in [0.15, 0.2) is 23.4 Å². The fourth-order valence-corrected chi connectivity index (χ4v) is 8.50. The van der Waals surface area contributed by atoms with E-state index in [4.69, 9.17) is 35.4 Å². The number of nitrogens with two attached hydrogens (primary N) is 2. The lowest BCUT2D eigenvalue weighted by molar-refractivity contribution is -0.137. The quantitative estimate of drug-likeness (QED) is 0.0273. The third-order valence-corrected chi connectivity index (χ3v) is 12.5. The number of rotatable bonds is 36. The van der Waals surface area contributed by atoms with Crippen LogP contribution < -0.4 is 48.1 Å². The predicted octanol–water partition coefficient (Wildman–Crippen LogP) is 1.57. The van der Waals surface area contributed by atoms with Gasteiger partial charge < -0.3 is 66.9 Å². The molecular weight excluding hydrogens is 987 g/mol. The first-order valence-electron chi connectivity index (χ1n) is 26.5. The van der Waals surface area contributed by atoms with E-state index in [-0.39, 0.29) is 113 Å². The number of carbonyl (C=O) groups excluding carboxylic acids is 8. The largest absolute Gasteiger partial charge is 0.472 e. The lowest BCUT2D eigenvalue weighted by Crippen LogP contribution is -2.50. The fourth-order valence-electron chi connectivity index (χ4n) is 8.50. The molecule has 1 atom stereocenters. The number of hydrogen-bond acceptors (Lipinski definition) is 16. The van der Waals surface area contributed by atoms with Crippen molar-refractivity contribution < 1.29 is 57.3 Å². The number of nitrogens with zero attached hydrogens (tertiary/aromatic N) is 5. The van der Waals surface area contributed by atoms with Gasteiger partial charge in [-0.25, -0.2) is 9.78 Å². The molecule has 3 heterocycles. The van der Waals surface area contributed by atoms with E-state index in [0.29, 0.717) is 62.3 Å². The number of carbonyl (C=O) groups is 8. The van der Waals surface area contributed by atoms with E-state index in [0.717, 1.165) is 67.7 Å². The van der Waals surface area contributed by atoms with Gasteiger partial charge in [0.15, 0.2) is 5.82 Å². The van der Waals surface area contributed by atoms with Crippen molar-refractivity contribution in [1.82, 2.24) is 56.5 Å². The number of urea groups is 1.